The number of rotatable bonds is 1. The highest BCUT2D eigenvalue weighted by atomic mass is 16.7. The maximum Gasteiger partial charge on any atom is 0.334 e. The van der Waals surface area contributed by atoms with Crippen molar-refractivity contribution in [2.24, 2.45) is 0 Å². The Labute approximate surface area is 113 Å². The number of carbonyl (C=O) groups excluding carboxylic acids is 1. The average molecular weight is 270 g/mol. The van der Waals surface area contributed by atoms with Crippen LogP contribution < -0.4 is 0 Å². The molecule has 3 rings (SSSR count). The van der Waals surface area contributed by atoms with Crippen molar-refractivity contribution in [2.75, 3.05) is 20.3 Å². The van der Waals surface area contributed by atoms with Crippen LogP contribution >= 0.6 is 0 Å². The largest absolute Gasteiger partial charge is 0.467 e. The van der Waals surface area contributed by atoms with Crippen molar-refractivity contribution in [2.45, 2.75) is 62.4 Å². The van der Waals surface area contributed by atoms with Crippen LogP contribution in [-0.4, -0.2) is 43.8 Å². The fourth-order valence-electron chi connectivity index (χ4n) is 3.57. The van der Waals surface area contributed by atoms with Gasteiger partial charge in [0.15, 0.2) is 11.9 Å². The molecule has 1 atom stereocenters. The van der Waals surface area contributed by atoms with Gasteiger partial charge in [-0.05, 0) is 32.1 Å². The highest BCUT2D eigenvalue weighted by Gasteiger charge is 2.49. The van der Waals surface area contributed by atoms with Crippen LogP contribution in [0.15, 0.2) is 0 Å². The zero-order valence-corrected chi connectivity index (χ0v) is 11.5. The Morgan fingerprint density at radius 3 is 2.42 bits per heavy atom. The van der Waals surface area contributed by atoms with Gasteiger partial charge in [-0.2, -0.15) is 0 Å². The Balaban J connectivity index is 1.63. The first kappa shape index (κ1) is 13.3. The van der Waals surface area contributed by atoms with E-state index in [0.29, 0.717) is 13.2 Å². The van der Waals surface area contributed by atoms with Crippen molar-refractivity contribution in [1.29, 1.82) is 0 Å². The third kappa shape index (κ3) is 2.51. The van der Waals surface area contributed by atoms with Gasteiger partial charge in [-0.15, -0.1) is 0 Å². The van der Waals surface area contributed by atoms with Crippen LogP contribution in [0.5, 0.6) is 0 Å². The van der Waals surface area contributed by atoms with E-state index < -0.39 is 6.10 Å². The van der Waals surface area contributed by atoms with Gasteiger partial charge in [0, 0.05) is 12.8 Å². The second kappa shape index (κ2) is 5.04. The van der Waals surface area contributed by atoms with E-state index in [2.05, 4.69) is 0 Å². The fourth-order valence-corrected chi connectivity index (χ4v) is 3.57. The lowest BCUT2D eigenvalue weighted by Gasteiger charge is -2.47. The van der Waals surface area contributed by atoms with Crippen molar-refractivity contribution in [3.63, 3.8) is 0 Å². The summed E-state index contributed by atoms with van der Waals surface area (Å²) in [6.45, 7) is 1.39. The minimum absolute atomic E-state index is 0.169. The van der Waals surface area contributed by atoms with Crippen LogP contribution in [0.25, 0.3) is 0 Å². The molecule has 0 bridgehead atoms. The van der Waals surface area contributed by atoms with E-state index in [1.807, 2.05) is 0 Å². The van der Waals surface area contributed by atoms with E-state index >= 15 is 0 Å². The molecule has 2 saturated heterocycles. The quantitative estimate of drug-likeness (QED) is 0.680. The summed E-state index contributed by atoms with van der Waals surface area (Å²) in [7, 11) is 1.42. The predicted molar refractivity (Wildman–Crippen MR) is 66.6 cm³/mol. The maximum atomic E-state index is 11.6. The van der Waals surface area contributed by atoms with E-state index in [-0.39, 0.29) is 17.4 Å². The van der Waals surface area contributed by atoms with Crippen LogP contribution in [0.4, 0.5) is 0 Å². The van der Waals surface area contributed by atoms with Gasteiger partial charge in [0.25, 0.3) is 0 Å². The summed E-state index contributed by atoms with van der Waals surface area (Å²) >= 11 is 0. The SMILES string of the molecule is COC(=O)[C@@H]1CCCC2(CCC3(CC2)OCCO3)O1. The van der Waals surface area contributed by atoms with E-state index in [0.717, 1.165) is 44.9 Å². The summed E-state index contributed by atoms with van der Waals surface area (Å²) < 4.78 is 22.4. The molecule has 0 radical (unpaired) electrons. The van der Waals surface area contributed by atoms with E-state index in [9.17, 15) is 4.79 Å². The van der Waals surface area contributed by atoms with Crippen LogP contribution in [-0.2, 0) is 23.7 Å². The number of hydrogen-bond acceptors (Lipinski definition) is 5. The first-order chi connectivity index (χ1) is 9.17. The number of methoxy groups -OCH3 is 1. The lowest BCUT2D eigenvalue weighted by Crippen LogP contribution is -2.50. The molecule has 5 heteroatoms. The van der Waals surface area contributed by atoms with Crippen molar-refractivity contribution < 1.29 is 23.7 Å². The minimum atomic E-state index is -0.391. The maximum absolute atomic E-state index is 11.6. The summed E-state index contributed by atoms with van der Waals surface area (Å²) in [6.07, 6.45) is 5.96. The van der Waals surface area contributed by atoms with Crippen LogP contribution in [0.3, 0.4) is 0 Å². The van der Waals surface area contributed by atoms with Crippen molar-refractivity contribution in [1.82, 2.24) is 0 Å². The molecule has 0 unspecified atom stereocenters. The number of ether oxygens (including phenoxy) is 4. The zero-order valence-electron chi connectivity index (χ0n) is 11.5. The predicted octanol–water partition coefficient (Wildman–Crippen LogP) is 1.78. The van der Waals surface area contributed by atoms with Crippen molar-refractivity contribution in [3.8, 4) is 0 Å². The third-order valence-electron chi connectivity index (χ3n) is 4.69. The summed E-state index contributed by atoms with van der Waals surface area (Å²) in [6, 6.07) is 0. The monoisotopic (exact) mass is 270 g/mol. The second-order valence-corrected chi connectivity index (χ2v) is 5.81. The minimum Gasteiger partial charge on any atom is -0.467 e. The molecule has 108 valence electrons. The first-order valence-corrected chi connectivity index (χ1v) is 7.21. The normalized spacial score (nSPS) is 32.6. The van der Waals surface area contributed by atoms with Crippen LogP contribution in [0, 0.1) is 0 Å². The summed E-state index contributed by atoms with van der Waals surface area (Å²) in [5, 5.41) is 0. The molecule has 3 aliphatic rings. The molecule has 5 nitrogen and oxygen atoms in total. The first-order valence-electron chi connectivity index (χ1n) is 7.21. The molecule has 0 amide bonds. The molecular weight excluding hydrogens is 248 g/mol. The molecule has 0 N–H and O–H groups in total. The standard InChI is InChI=1S/C14H22O5/c1-16-12(15)11-3-2-4-13(19-11)5-7-14(8-6-13)17-9-10-18-14/h11H,2-10H2,1H3/t11-/m0/s1. The molecule has 0 aromatic carbocycles. The Morgan fingerprint density at radius 2 is 1.79 bits per heavy atom. The summed E-state index contributed by atoms with van der Waals surface area (Å²) in [5.74, 6) is -0.611. The van der Waals surface area contributed by atoms with Crippen LogP contribution in [0.2, 0.25) is 0 Å². The zero-order chi connectivity index (χ0) is 13.3. The number of hydrogen-bond donors (Lipinski definition) is 0. The molecule has 1 aliphatic carbocycles. The van der Waals surface area contributed by atoms with Gasteiger partial charge >= 0.3 is 5.97 Å². The summed E-state index contributed by atoms with van der Waals surface area (Å²) in [5.41, 5.74) is -0.169. The van der Waals surface area contributed by atoms with Crippen LogP contribution in [0.1, 0.15) is 44.9 Å². The highest BCUT2D eigenvalue weighted by Crippen LogP contribution is 2.46. The van der Waals surface area contributed by atoms with Crippen molar-refractivity contribution in [3.05, 3.63) is 0 Å². The second-order valence-electron chi connectivity index (χ2n) is 5.81. The molecule has 0 aromatic heterocycles. The molecular formula is C14H22O5. The van der Waals surface area contributed by atoms with Gasteiger partial charge < -0.3 is 18.9 Å². The van der Waals surface area contributed by atoms with E-state index in [1.54, 1.807) is 0 Å². The molecule has 0 aromatic rings. The fraction of sp³-hybridized carbons (Fsp3) is 0.929. The lowest BCUT2D eigenvalue weighted by atomic mass is 9.76. The molecule has 2 spiro atoms. The van der Waals surface area contributed by atoms with Gasteiger partial charge in [0.1, 0.15) is 0 Å². The van der Waals surface area contributed by atoms with E-state index in [4.69, 9.17) is 18.9 Å². The van der Waals surface area contributed by atoms with Gasteiger partial charge in [-0.25, -0.2) is 4.79 Å². The molecule has 2 aliphatic heterocycles. The Kier molecular flexibility index (Phi) is 3.53. The molecule has 2 heterocycles. The molecule has 3 fully saturated rings. The lowest BCUT2D eigenvalue weighted by molar-refractivity contribution is -0.230. The highest BCUT2D eigenvalue weighted by molar-refractivity contribution is 5.74. The van der Waals surface area contributed by atoms with Gasteiger partial charge in [0.05, 0.1) is 25.9 Å². The van der Waals surface area contributed by atoms with E-state index in [1.165, 1.54) is 7.11 Å². The van der Waals surface area contributed by atoms with Crippen molar-refractivity contribution >= 4 is 5.97 Å². The number of esters is 1. The Bertz CT molecular complexity index is 338. The topological polar surface area (TPSA) is 54.0 Å². The Hall–Kier alpha value is -0.650. The van der Waals surface area contributed by atoms with Gasteiger partial charge in [0.2, 0.25) is 0 Å². The molecule has 1 saturated carbocycles. The number of carbonyl (C=O) groups is 1. The summed E-state index contributed by atoms with van der Waals surface area (Å²) in [4.78, 5) is 11.6. The third-order valence-corrected chi connectivity index (χ3v) is 4.69. The smallest absolute Gasteiger partial charge is 0.334 e. The Morgan fingerprint density at radius 1 is 1.11 bits per heavy atom. The average Bonchev–Trinajstić information content (AvgIpc) is 2.91. The van der Waals surface area contributed by atoms with Gasteiger partial charge in [-0.3, -0.25) is 0 Å². The molecule has 19 heavy (non-hydrogen) atoms. The van der Waals surface area contributed by atoms with Gasteiger partial charge in [-0.1, -0.05) is 0 Å².